The van der Waals surface area contributed by atoms with Gasteiger partial charge in [0.1, 0.15) is 5.75 Å². The molecule has 1 heterocycles. The number of ether oxygens (including phenoxy) is 2. The molecule has 0 radical (unpaired) electrons. The Hall–Kier alpha value is -3.06. The average molecular weight is 369 g/mol. The first-order valence-electron chi connectivity index (χ1n) is 8.69. The van der Waals surface area contributed by atoms with Gasteiger partial charge in [0, 0.05) is 25.8 Å². The van der Waals surface area contributed by atoms with E-state index in [0.717, 1.165) is 5.69 Å². The maximum absolute atomic E-state index is 12.7. The lowest BCUT2D eigenvalue weighted by Gasteiger charge is -2.26. The highest BCUT2D eigenvalue weighted by Gasteiger charge is 2.23. The molecule has 0 aliphatic carbocycles. The number of para-hydroxylation sites is 2. The Balaban J connectivity index is 1.79. The molecule has 1 aliphatic heterocycles. The summed E-state index contributed by atoms with van der Waals surface area (Å²) in [6.45, 7) is 2.56. The lowest BCUT2D eigenvalue weighted by Crippen LogP contribution is -2.35. The zero-order valence-electron chi connectivity index (χ0n) is 15.6. The number of hydrogen-bond acceptors (Lipinski definition) is 5. The number of nitrogens with one attached hydrogen (secondary N) is 2. The number of anilines is 3. The van der Waals surface area contributed by atoms with E-state index < -0.39 is 0 Å². The van der Waals surface area contributed by atoms with Gasteiger partial charge in [-0.15, -0.1) is 0 Å². The molecule has 2 aromatic rings. The minimum atomic E-state index is -0.266. The fourth-order valence-electron chi connectivity index (χ4n) is 2.88. The first-order valence-corrected chi connectivity index (χ1v) is 8.69. The minimum absolute atomic E-state index is 0.00769. The second kappa shape index (κ2) is 8.09. The Labute approximate surface area is 158 Å². The lowest BCUT2D eigenvalue weighted by atomic mass is 10.1. The molecule has 1 atom stereocenters. The van der Waals surface area contributed by atoms with Crippen molar-refractivity contribution < 1.29 is 19.1 Å². The first-order chi connectivity index (χ1) is 13.0. The van der Waals surface area contributed by atoms with Crippen LogP contribution in [0.15, 0.2) is 42.5 Å². The Bertz CT molecular complexity index is 853. The van der Waals surface area contributed by atoms with Crippen molar-refractivity contribution in [3.8, 4) is 5.75 Å². The Kier molecular flexibility index (Phi) is 5.61. The van der Waals surface area contributed by atoms with E-state index in [4.69, 9.17) is 9.47 Å². The van der Waals surface area contributed by atoms with Gasteiger partial charge < -0.3 is 25.0 Å². The third-order valence-corrected chi connectivity index (χ3v) is 4.30. The molecule has 2 N–H and O–H groups in total. The van der Waals surface area contributed by atoms with Gasteiger partial charge in [-0.25, -0.2) is 0 Å². The van der Waals surface area contributed by atoms with Gasteiger partial charge in [-0.05, 0) is 37.3 Å². The molecule has 3 rings (SSSR count). The summed E-state index contributed by atoms with van der Waals surface area (Å²) in [4.78, 5) is 26.1. The van der Waals surface area contributed by atoms with Crippen molar-refractivity contribution >= 4 is 28.9 Å². The summed E-state index contributed by atoms with van der Waals surface area (Å²) in [6.07, 6.45) is 0. The van der Waals surface area contributed by atoms with E-state index in [1.807, 2.05) is 31.2 Å². The van der Waals surface area contributed by atoms with Crippen LogP contribution < -0.4 is 20.3 Å². The normalized spacial score (nSPS) is 14.2. The highest BCUT2D eigenvalue weighted by molar-refractivity contribution is 6.07. The predicted octanol–water partition coefficient (Wildman–Crippen LogP) is 2.74. The number of carbonyl (C=O) groups excluding carboxylic acids is 2. The van der Waals surface area contributed by atoms with Crippen molar-refractivity contribution in [2.24, 2.45) is 0 Å². The SMILES string of the molecule is COCC(C)Nc1ccccc1NC(=O)c1ccc2c(c1)N(C)C(=O)CO2. The number of nitrogens with zero attached hydrogens (tertiary/aromatic N) is 1. The highest BCUT2D eigenvalue weighted by Crippen LogP contribution is 2.32. The van der Waals surface area contributed by atoms with Crippen LogP contribution in [-0.2, 0) is 9.53 Å². The predicted molar refractivity (Wildman–Crippen MR) is 105 cm³/mol. The fourth-order valence-corrected chi connectivity index (χ4v) is 2.88. The van der Waals surface area contributed by atoms with Gasteiger partial charge in [-0.3, -0.25) is 9.59 Å². The van der Waals surface area contributed by atoms with E-state index in [1.165, 1.54) is 4.90 Å². The van der Waals surface area contributed by atoms with E-state index in [1.54, 1.807) is 32.4 Å². The van der Waals surface area contributed by atoms with Crippen molar-refractivity contribution in [1.29, 1.82) is 0 Å². The van der Waals surface area contributed by atoms with Crippen molar-refractivity contribution in [1.82, 2.24) is 0 Å². The number of amides is 2. The summed E-state index contributed by atoms with van der Waals surface area (Å²) in [5.74, 6) is 0.170. The maximum atomic E-state index is 12.7. The van der Waals surface area contributed by atoms with Gasteiger partial charge in [0.05, 0.1) is 23.7 Å². The van der Waals surface area contributed by atoms with Crippen LogP contribution in [0.1, 0.15) is 17.3 Å². The van der Waals surface area contributed by atoms with Crippen molar-refractivity contribution in [3.63, 3.8) is 0 Å². The summed E-state index contributed by atoms with van der Waals surface area (Å²) < 4.78 is 10.5. The smallest absolute Gasteiger partial charge is 0.264 e. The van der Waals surface area contributed by atoms with Gasteiger partial charge in [0.2, 0.25) is 0 Å². The van der Waals surface area contributed by atoms with E-state index in [0.29, 0.717) is 29.3 Å². The third-order valence-electron chi connectivity index (χ3n) is 4.30. The number of fused-ring (bicyclic) bond motifs is 1. The van der Waals surface area contributed by atoms with Crippen LogP contribution in [0.3, 0.4) is 0 Å². The van der Waals surface area contributed by atoms with Gasteiger partial charge >= 0.3 is 0 Å². The largest absolute Gasteiger partial charge is 0.482 e. The molecule has 2 aromatic carbocycles. The van der Waals surface area contributed by atoms with E-state index in [-0.39, 0.29) is 24.5 Å². The second-order valence-corrected chi connectivity index (χ2v) is 6.42. The van der Waals surface area contributed by atoms with Crippen molar-refractivity contribution in [2.75, 3.05) is 42.9 Å². The molecule has 0 spiro atoms. The van der Waals surface area contributed by atoms with Crippen LogP contribution in [0.5, 0.6) is 5.75 Å². The van der Waals surface area contributed by atoms with Crippen LogP contribution in [-0.4, -0.2) is 45.2 Å². The molecular weight excluding hydrogens is 346 g/mol. The van der Waals surface area contributed by atoms with Crippen LogP contribution in [0.25, 0.3) is 0 Å². The highest BCUT2D eigenvalue weighted by atomic mass is 16.5. The number of benzene rings is 2. The standard InChI is InChI=1S/C20H23N3O4/c1-13(11-26-3)21-15-6-4-5-7-16(15)22-20(25)14-8-9-18-17(10-14)23(2)19(24)12-27-18/h4-10,13,21H,11-12H2,1-3H3,(H,22,25). The monoisotopic (exact) mass is 369 g/mol. The van der Waals surface area contributed by atoms with Crippen LogP contribution in [0, 0.1) is 0 Å². The molecule has 7 nitrogen and oxygen atoms in total. The molecule has 0 aromatic heterocycles. The molecule has 1 unspecified atom stereocenters. The van der Waals surface area contributed by atoms with Crippen molar-refractivity contribution in [2.45, 2.75) is 13.0 Å². The summed E-state index contributed by atoms with van der Waals surface area (Å²) in [7, 11) is 3.31. The minimum Gasteiger partial charge on any atom is -0.482 e. The van der Waals surface area contributed by atoms with E-state index >= 15 is 0 Å². The van der Waals surface area contributed by atoms with E-state index in [9.17, 15) is 9.59 Å². The zero-order valence-corrected chi connectivity index (χ0v) is 15.6. The number of hydrogen-bond donors (Lipinski definition) is 2. The van der Waals surface area contributed by atoms with Gasteiger partial charge in [-0.2, -0.15) is 0 Å². The molecular formula is C20H23N3O4. The van der Waals surface area contributed by atoms with Crippen molar-refractivity contribution in [3.05, 3.63) is 48.0 Å². The number of carbonyl (C=O) groups is 2. The average Bonchev–Trinajstić information content (AvgIpc) is 2.66. The number of rotatable bonds is 6. The summed E-state index contributed by atoms with van der Waals surface area (Å²) >= 11 is 0. The van der Waals surface area contributed by atoms with Crippen LogP contribution in [0.4, 0.5) is 17.1 Å². The molecule has 0 saturated heterocycles. The molecule has 0 fully saturated rings. The lowest BCUT2D eigenvalue weighted by molar-refractivity contribution is -0.120. The van der Waals surface area contributed by atoms with Crippen LogP contribution in [0.2, 0.25) is 0 Å². The topological polar surface area (TPSA) is 79.9 Å². The molecule has 7 heteroatoms. The van der Waals surface area contributed by atoms with Crippen LogP contribution >= 0.6 is 0 Å². The maximum Gasteiger partial charge on any atom is 0.264 e. The zero-order chi connectivity index (χ0) is 19.4. The third kappa shape index (κ3) is 4.20. The molecule has 142 valence electrons. The van der Waals surface area contributed by atoms with Gasteiger partial charge in [0.15, 0.2) is 6.61 Å². The fraction of sp³-hybridized carbons (Fsp3) is 0.300. The molecule has 2 amide bonds. The first kappa shape index (κ1) is 18.7. The van der Waals surface area contributed by atoms with E-state index in [2.05, 4.69) is 10.6 Å². The summed E-state index contributed by atoms with van der Waals surface area (Å²) in [5, 5.41) is 6.24. The summed E-state index contributed by atoms with van der Waals surface area (Å²) in [6, 6.07) is 12.6. The molecule has 27 heavy (non-hydrogen) atoms. The second-order valence-electron chi connectivity index (χ2n) is 6.42. The summed E-state index contributed by atoms with van der Waals surface area (Å²) in [5.41, 5.74) is 2.51. The van der Waals surface area contributed by atoms with Gasteiger partial charge in [-0.1, -0.05) is 12.1 Å². The van der Waals surface area contributed by atoms with Gasteiger partial charge in [0.25, 0.3) is 11.8 Å². The Morgan fingerprint density at radius 3 is 2.74 bits per heavy atom. The number of methoxy groups -OCH3 is 1. The quantitative estimate of drug-likeness (QED) is 0.818. The Morgan fingerprint density at radius 2 is 2.00 bits per heavy atom. The Morgan fingerprint density at radius 1 is 1.26 bits per heavy atom. The number of likely N-dealkylation sites (N-methyl/N-ethyl adjacent to an activating group) is 1. The molecule has 1 aliphatic rings. The molecule has 0 saturated carbocycles. The molecule has 0 bridgehead atoms.